The number of aliphatic carboxylic acids is 1. The molecule has 1 saturated heterocycles. The molecule has 0 aliphatic carbocycles. The van der Waals surface area contributed by atoms with Gasteiger partial charge in [-0.15, -0.1) is 11.3 Å². The second kappa shape index (κ2) is 7.64. The number of carboxylic acid groups (broad SMARTS) is 1. The maximum Gasteiger partial charge on any atom is 0.303 e. The van der Waals surface area contributed by atoms with Gasteiger partial charge in [-0.1, -0.05) is 18.2 Å². The number of rotatable bonds is 6. The van der Waals surface area contributed by atoms with Crippen LogP contribution in [-0.4, -0.2) is 61.9 Å². The fraction of sp³-hybridized carbons (Fsp3) is 0.500. The molecule has 0 bridgehead atoms. The molecule has 1 aliphatic heterocycles. The minimum Gasteiger partial charge on any atom is -0.481 e. The van der Waals surface area contributed by atoms with Crippen LogP contribution in [0.25, 0.3) is 10.1 Å². The van der Waals surface area contributed by atoms with Gasteiger partial charge in [-0.3, -0.25) is 4.79 Å². The molecule has 0 spiro atoms. The number of fused-ring (bicyclic) bond motifs is 1. The maximum atomic E-state index is 13.1. The lowest BCUT2D eigenvalue weighted by atomic mass is 9.88. The number of carbonyl (C=O) groups is 1. The Morgan fingerprint density at radius 2 is 2.08 bits per heavy atom. The largest absolute Gasteiger partial charge is 0.481 e. The third-order valence-electron chi connectivity index (χ3n) is 5.05. The van der Waals surface area contributed by atoms with Gasteiger partial charge in [0.25, 0.3) is 10.0 Å². The summed E-state index contributed by atoms with van der Waals surface area (Å²) in [5.74, 6) is -0.828. The number of hydrogen-bond donors (Lipinski definition) is 1. The van der Waals surface area contributed by atoms with Gasteiger partial charge in [0.15, 0.2) is 0 Å². The molecule has 0 saturated carbocycles. The first kappa shape index (κ1) is 19.3. The van der Waals surface area contributed by atoms with Crippen molar-refractivity contribution in [3.8, 4) is 0 Å². The lowest BCUT2D eigenvalue weighted by molar-refractivity contribution is -0.137. The third kappa shape index (κ3) is 3.93. The van der Waals surface area contributed by atoms with E-state index < -0.39 is 16.0 Å². The van der Waals surface area contributed by atoms with E-state index in [0.29, 0.717) is 30.1 Å². The highest BCUT2D eigenvalue weighted by Gasteiger charge is 2.37. The second-order valence-corrected chi connectivity index (χ2v) is 10.2. The van der Waals surface area contributed by atoms with Gasteiger partial charge in [0.05, 0.1) is 0 Å². The minimum absolute atomic E-state index is 0.0130. The van der Waals surface area contributed by atoms with Gasteiger partial charge in [-0.2, -0.15) is 4.31 Å². The molecule has 1 fully saturated rings. The molecule has 1 aromatic carbocycles. The van der Waals surface area contributed by atoms with E-state index in [1.807, 2.05) is 38.4 Å². The summed E-state index contributed by atoms with van der Waals surface area (Å²) in [7, 11) is 0.375. The SMILES string of the molecule is CN(C)[C@H]1CCN(S(=O)(=O)c2cc3ccccc3s2)C[C@H]1CCC(=O)O. The second-order valence-electron chi connectivity index (χ2n) is 6.98. The highest BCUT2D eigenvalue weighted by molar-refractivity contribution is 7.91. The first-order valence-electron chi connectivity index (χ1n) is 8.66. The van der Waals surface area contributed by atoms with E-state index in [2.05, 4.69) is 4.90 Å². The molecule has 6 nitrogen and oxygen atoms in total. The Bertz CT molecular complexity index is 858. The highest BCUT2D eigenvalue weighted by atomic mass is 32.2. The van der Waals surface area contributed by atoms with Crippen molar-refractivity contribution < 1.29 is 18.3 Å². The van der Waals surface area contributed by atoms with Gasteiger partial charge in [0.2, 0.25) is 0 Å². The Balaban J connectivity index is 1.84. The van der Waals surface area contributed by atoms with Crippen LogP contribution in [0.15, 0.2) is 34.5 Å². The van der Waals surface area contributed by atoms with Gasteiger partial charge >= 0.3 is 5.97 Å². The van der Waals surface area contributed by atoms with Gasteiger partial charge in [-0.05, 0) is 50.4 Å². The smallest absolute Gasteiger partial charge is 0.303 e. The lowest BCUT2D eigenvalue weighted by Crippen LogP contribution is -2.50. The average molecular weight is 397 g/mol. The molecule has 0 radical (unpaired) electrons. The van der Waals surface area contributed by atoms with E-state index in [0.717, 1.165) is 10.1 Å². The normalized spacial score (nSPS) is 22.1. The first-order chi connectivity index (χ1) is 12.3. The van der Waals surface area contributed by atoms with Crippen molar-refractivity contribution in [1.29, 1.82) is 0 Å². The van der Waals surface area contributed by atoms with E-state index in [4.69, 9.17) is 5.11 Å². The van der Waals surface area contributed by atoms with E-state index in [9.17, 15) is 13.2 Å². The van der Waals surface area contributed by atoms with E-state index in [1.165, 1.54) is 15.6 Å². The van der Waals surface area contributed by atoms with Crippen LogP contribution < -0.4 is 0 Å². The van der Waals surface area contributed by atoms with E-state index in [1.54, 1.807) is 6.07 Å². The predicted molar refractivity (Wildman–Crippen MR) is 103 cm³/mol. The van der Waals surface area contributed by atoms with E-state index in [-0.39, 0.29) is 18.4 Å². The first-order valence-corrected chi connectivity index (χ1v) is 10.9. The summed E-state index contributed by atoms with van der Waals surface area (Å²) in [6, 6.07) is 9.57. The number of carboxylic acids is 1. The Morgan fingerprint density at radius 1 is 1.35 bits per heavy atom. The summed E-state index contributed by atoms with van der Waals surface area (Å²) >= 11 is 1.29. The number of thiophene rings is 1. The van der Waals surface area contributed by atoms with Gasteiger partial charge in [0, 0.05) is 30.3 Å². The monoisotopic (exact) mass is 396 g/mol. The molecule has 0 amide bonds. The van der Waals surface area contributed by atoms with Crippen molar-refractivity contribution in [3.63, 3.8) is 0 Å². The molecule has 3 rings (SSSR count). The lowest BCUT2D eigenvalue weighted by Gasteiger charge is -2.40. The quantitative estimate of drug-likeness (QED) is 0.812. The molecule has 142 valence electrons. The third-order valence-corrected chi connectivity index (χ3v) is 8.48. The zero-order valence-electron chi connectivity index (χ0n) is 15.0. The summed E-state index contributed by atoms with van der Waals surface area (Å²) in [4.78, 5) is 13.1. The van der Waals surface area contributed by atoms with Gasteiger partial charge in [-0.25, -0.2) is 8.42 Å². The van der Waals surface area contributed by atoms with Crippen molar-refractivity contribution in [1.82, 2.24) is 9.21 Å². The molecular formula is C18H24N2O4S2. The Labute approximate surface area is 158 Å². The molecular weight excluding hydrogens is 372 g/mol. The average Bonchev–Trinajstić information content (AvgIpc) is 3.04. The van der Waals surface area contributed by atoms with E-state index >= 15 is 0 Å². The summed E-state index contributed by atoms with van der Waals surface area (Å²) in [5, 5.41) is 9.94. The zero-order chi connectivity index (χ0) is 18.9. The Kier molecular flexibility index (Phi) is 5.67. The number of hydrogen-bond acceptors (Lipinski definition) is 5. The van der Waals surface area contributed by atoms with Crippen LogP contribution >= 0.6 is 11.3 Å². The fourth-order valence-electron chi connectivity index (χ4n) is 3.69. The predicted octanol–water partition coefficient (Wildman–Crippen LogP) is 2.71. The summed E-state index contributed by atoms with van der Waals surface area (Å²) in [6.45, 7) is 0.829. The van der Waals surface area contributed by atoms with Crippen LogP contribution in [0.5, 0.6) is 0 Å². The zero-order valence-corrected chi connectivity index (χ0v) is 16.6. The van der Waals surface area contributed by atoms with Gasteiger partial charge in [0.1, 0.15) is 4.21 Å². The standard InChI is InChI=1S/C18H24N2O4S2/c1-19(2)15-9-10-20(12-14(15)7-8-17(21)22)26(23,24)18-11-13-5-3-4-6-16(13)25-18/h3-6,11,14-15H,7-10,12H2,1-2H3,(H,21,22)/t14-,15+/m1/s1. The minimum atomic E-state index is -3.56. The van der Waals surface area contributed by atoms with Gasteiger partial charge < -0.3 is 10.0 Å². The number of piperidine rings is 1. The molecule has 1 aliphatic rings. The summed E-state index contributed by atoms with van der Waals surface area (Å²) in [5.41, 5.74) is 0. The van der Waals surface area contributed by atoms with Crippen LogP contribution in [-0.2, 0) is 14.8 Å². The molecule has 0 unspecified atom stereocenters. The molecule has 2 atom stereocenters. The molecule has 2 heterocycles. The molecule has 1 aromatic heterocycles. The Hall–Kier alpha value is -1.48. The molecule has 2 aromatic rings. The topological polar surface area (TPSA) is 77.9 Å². The maximum absolute atomic E-state index is 13.1. The van der Waals surface area contributed by atoms with Crippen molar-refractivity contribution in [2.24, 2.45) is 5.92 Å². The fourth-order valence-corrected chi connectivity index (χ4v) is 6.75. The van der Waals surface area contributed by atoms with Crippen LogP contribution in [0.3, 0.4) is 0 Å². The van der Waals surface area contributed by atoms with Crippen molar-refractivity contribution in [2.75, 3.05) is 27.2 Å². The molecule has 8 heteroatoms. The Morgan fingerprint density at radius 3 is 2.73 bits per heavy atom. The van der Waals surface area contributed by atoms with Crippen LogP contribution in [0.4, 0.5) is 0 Å². The number of sulfonamides is 1. The summed E-state index contributed by atoms with van der Waals surface area (Å²) < 4.78 is 29.1. The van der Waals surface area contributed by atoms with Crippen molar-refractivity contribution in [3.05, 3.63) is 30.3 Å². The molecule has 1 N–H and O–H groups in total. The van der Waals surface area contributed by atoms with Crippen LogP contribution in [0, 0.1) is 5.92 Å². The molecule has 26 heavy (non-hydrogen) atoms. The van der Waals surface area contributed by atoms with Crippen molar-refractivity contribution in [2.45, 2.75) is 29.5 Å². The van der Waals surface area contributed by atoms with Crippen LogP contribution in [0.2, 0.25) is 0 Å². The number of nitrogens with zero attached hydrogens (tertiary/aromatic N) is 2. The number of benzene rings is 1. The summed E-state index contributed by atoms with van der Waals surface area (Å²) in [6.07, 6.45) is 1.25. The van der Waals surface area contributed by atoms with Crippen molar-refractivity contribution >= 4 is 37.4 Å². The van der Waals surface area contributed by atoms with Crippen LogP contribution in [0.1, 0.15) is 19.3 Å². The highest BCUT2D eigenvalue weighted by Crippen LogP contribution is 2.34.